The minimum atomic E-state index is -0.714. The summed E-state index contributed by atoms with van der Waals surface area (Å²) in [5.41, 5.74) is 1.63. The number of aromatic nitrogens is 3. The molecule has 0 amide bonds. The predicted molar refractivity (Wildman–Crippen MR) is 98.5 cm³/mol. The van der Waals surface area contributed by atoms with Crippen molar-refractivity contribution in [2.45, 2.75) is 24.9 Å². The second-order valence-electron chi connectivity index (χ2n) is 6.61. The summed E-state index contributed by atoms with van der Waals surface area (Å²) >= 11 is 0. The molecule has 2 N–H and O–H groups in total. The molecule has 4 rings (SSSR count). The van der Waals surface area contributed by atoms with E-state index in [1.165, 1.54) is 6.33 Å². The van der Waals surface area contributed by atoms with Crippen molar-refractivity contribution in [3.05, 3.63) is 30.6 Å². The Labute approximate surface area is 150 Å². The van der Waals surface area contributed by atoms with Crippen LogP contribution in [0, 0.1) is 0 Å². The van der Waals surface area contributed by atoms with E-state index < -0.39 is 18.4 Å². The largest absolute Gasteiger partial charge is 0.394 e. The fourth-order valence-electron chi connectivity index (χ4n) is 3.40. The molecule has 1 saturated heterocycles. The Balaban J connectivity index is 1.94. The molecule has 0 saturated carbocycles. The second kappa shape index (κ2) is 6.64. The normalized spacial score (nSPS) is 23.5. The summed E-state index contributed by atoms with van der Waals surface area (Å²) in [5, 5.41) is 21.4. The van der Waals surface area contributed by atoms with Crippen LogP contribution in [-0.2, 0) is 4.74 Å². The van der Waals surface area contributed by atoms with Crippen molar-refractivity contribution in [1.82, 2.24) is 19.4 Å². The maximum atomic E-state index is 10.1. The molecule has 8 nitrogen and oxygen atoms in total. The van der Waals surface area contributed by atoms with E-state index in [4.69, 9.17) is 4.74 Å². The molecular formula is C18H21N5O3. The van der Waals surface area contributed by atoms with Crippen molar-refractivity contribution in [3.8, 4) is 0 Å². The number of ether oxygens (including phenoxy) is 1. The van der Waals surface area contributed by atoms with Gasteiger partial charge in [0, 0.05) is 25.9 Å². The number of aliphatic imine (C=N–C) groups is 1. The number of aliphatic hydroxyl groups excluding tert-OH is 2. The summed E-state index contributed by atoms with van der Waals surface area (Å²) < 4.78 is 7.84. The molecule has 1 aliphatic rings. The molecule has 1 aliphatic heterocycles. The number of hydrogen-bond acceptors (Lipinski definition) is 6. The van der Waals surface area contributed by atoms with E-state index in [-0.39, 0.29) is 6.61 Å². The van der Waals surface area contributed by atoms with Crippen LogP contribution in [0.1, 0.15) is 12.6 Å². The molecule has 3 heterocycles. The fourth-order valence-corrected chi connectivity index (χ4v) is 3.40. The lowest BCUT2D eigenvalue weighted by atomic mass is 10.2. The van der Waals surface area contributed by atoms with E-state index in [1.807, 2.05) is 47.8 Å². The fraction of sp³-hybridized carbons (Fsp3) is 0.389. The van der Waals surface area contributed by atoms with Gasteiger partial charge in [-0.25, -0.2) is 15.0 Å². The number of aliphatic hydroxyl groups is 2. The average Bonchev–Trinajstić information content (AvgIpc) is 3.17. The SMILES string of the molecule is CN(C)C=Nc1ncnc2c1c1ccccc1n2[C@H]1CC(O)[C@@H](CO)O1. The smallest absolute Gasteiger partial charge is 0.166 e. The van der Waals surface area contributed by atoms with Gasteiger partial charge in [0.05, 0.1) is 30.0 Å². The monoisotopic (exact) mass is 355 g/mol. The average molecular weight is 355 g/mol. The van der Waals surface area contributed by atoms with E-state index in [0.29, 0.717) is 17.9 Å². The first-order valence-electron chi connectivity index (χ1n) is 8.48. The second-order valence-corrected chi connectivity index (χ2v) is 6.61. The van der Waals surface area contributed by atoms with Gasteiger partial charge in [-0.05, 0) is 6.07 Å². The van der Waals surface area contributed by atoms with Gasteiger partial charge in [-0.2, -0.15) is 0 Å². The van der Waals surface area contributed by atoms with Gasteiger partial charge in [-0.1, -0.05) is 18.2 Å². The van der Waals surface area contributed by atoms with Crippen molar-refractivity contribution in [3.63, 3.8) is 0 Å². The van der Waals surface area contributed by atoms with E-state index in [9.17, 15) is 10.2 Å². The Morgan fingerprint density at radius 1 is 1.35 bits per heavy atom. The van der Waals surface area contributed by atoms with Crippen molar-refractivity contribution in [2.75, 3.05) is 20.7 Å². The first-order chi connectivity index (χ1) is 12.6. The molecule has 0 bridgehead atoms. The van der Waals surface area contributed by atoms with E-state index in [1.54, 1.807) is 6.34 Å². The zero-order chi connectivity index (χ0) is 18.3. The van der Waals surface area contributed by atoms with Gasteiger partial charge in [0.25, 0.3) is 0 Å². The lowest BCUT2D eigenvalue weighted by molar-refractivity contribution is -0.0417. The van der Waals surface area contributed by atoms with E-state index in [2.05, 4.69) is 15.0 Å². The maximum absolute atomic E-state index is 10.1. The maximum Gasteiger partial charge on any atom is 0.166 e. The first-order valence-corrected chi connectivity index (χ1v) is 8.48. The van der Waals surface area contributed by atoms with Crippen molar-refractivity contribution in [2.24, 2.45) is 4.99 Å². The summed E-state index contributed by atoms with van der Waals surface area (Å²) in [6.07, 6.45) is 1.85. The molecule has 8 heteroatoms. The zero-order valence-corrected chi connectivity index (χ0v) is 14.6. The topological polar surface area (TPSA) is 96.0 Å². The highest BCUT2D eigenvalue weighted by molar-refractivity contribution is 6.11. The molecule has 0 aliphatic carbocycles. The summed E-state index contributed by atoms with van der Waals surface area (Å²) in [7, 11) is 3.79. The molecule has 1 fully saturated rings. The minimum Gasteiger partial charge on any atom is -0.394 e. The van der Waals surface area contributed by atoms with E-state index >= 15 is 0 Å². The van der Waals surface area contributed by atoms with Gasteiger partial charge >= 0.3 is 0 Å². The van der Waals surface area contributed by atoms with Gasteiger partial charge in [0.15, 0.2) is 5.82 Å². The zero-order valence-electron chi connectivity index (χ0n) is 14.6. The van der Waals surface area contributed by atoms with Crippen LogP contribution >= 0.6 is 0 Å². The Kier molecular flexibility index (Phi) is 4.31. The molecule has 2 aromatic heterocycles. The van der Waals surface area contributed by atoms with Crippen molar-refractivity contribution in [1.29, 1.82) is 0 Å². The van der Waals surface area contributed by atoms with Crippen LogP contribution in [0.3, 0.4) is 0 Å². The lowest BCUT2D eigenvalue weighted by Crippen LogP contribution is -2.24. The predicted octanol–water partition coefficient (Wildman–Crippen LogP) is 1.45. The van der Waals surface area contributed by atoms with E-state index in [0.717, 1.165) is 16.3 Å². The van der Waals surface area contributed by atoms with Crippen molar-refractivity contribution < 1.29 is 14.9 Å². The van der Waals surface area contributed by atoms with Crippen LogP contribution in [0.25, 0.3) is 21.9 Å². The van der Waals surface area contributed by atoms with Crippen LogP contribution in [-0.4, -0.2) is 68.9 Å². The molecule has 0 radical (unpaired) electrons. The van der Waals surface area contributed by atoms with Gasteiger partial charge in [0.2, 0.25) is 0 Å². The molecule has 0 spiro atoms. The highest BCUT2D eigenvalue weighted by Crippen LogP contribution is 2.39. The van der Waals surface area contributed by atoms with Crippen molar-refractivity contribution >= 4 is 34.1 Å². The minimum absolute atomic E-state index is 0.220. The van der Waals surface area contributed by atoms with Gasteiger partial charge in [0.1, 0.15) is 24.3 Å². The number of hydrogen-bond donors (Lipinski definition) is 2. The molecular weight excluding hydrogens is 334 g/mol. The Bertz CT molecular complexity index is 968. The van der Waals surface area contributed by atoms with Gasteiger partial charge < -0.3 is 19.8 Å². The summed E-state index contributed by atoms with van der Waals surface area (Å²) in [4.78, 5) is 15.1. The summed E-state index contributed by atoms with van der Waals surface area (Å²) in [6, 6.07) is 7.89. The molecule has 26 heavy (non-hydrogen) atoms. The summed E-state index contributed by atoms with van der Waals surface area (Å²) in [5.74, 6) is 0.580. The van der Waals surface area contributed by atoms with Crippen LogP contribution in [0.15, 0.2) is 35.6 Å². The number of benzene rings is 1. The molecule has 3 aromatic rings. The van der Waals surface area contributed by atoms with Crippen LogP contribution in [0.4, 0.5) is 5.82 Å². The van der Waals surface area contributed by atoms with Crippen LogP contribution in [0.5, 0.6) is 0 Å². The van der Waals surface area contributed by atoms with Gasteiger partial charge in [-0.3, -0.25) is 4.57 Å². The Hall–Kier alpha value is -2.55. The lowest BCUT2D eigenvalue weighted by Gasteiger charge is -2.15. The third-order valence-corrected chi connectivity index (χ3v) is 4.55. The molecule has 1 unspecified atom stereocenters. The highest BCUT2D eigenvalue weighted by Gasteiger charge is 2.36. The van der Waals surface area contributed by atoms with Gasteiger partial charge in [-0.15, -0.1) is 0 Å². The standard InChI is InChI=1S/C18H21N5O3/c1-22(2)10-21-17-16-11-5-3-4-6-12(11)23(18(16)20-9-19-17)15-7-13(25)14(8-24)26-15/h3-6,9-10,13-15,24-25H,7-8H2,1-2H3/t13?,14-,15-/m1/s1. The molecule has 3 atom stereocenters. The van der Waals surface area contributed by atoms with Crippen LogP contribution < -0.4 is 0 Å². The molecule has 1 aromatic carbocycles. The number of para-hydroxylation sites is 1. The molecule has 136 valence electrons. The Morgan fingerprint density at radius 2 is 2.15 bits per heavy atom. The quantitative estimate of drug-likeness (QED) is 0.543. The Morgan fingerprint density at radius 3 is 2.88 bits per heavy atom. The van der Waals surface area contributed by atoms with Crippen LogP contribution in [0.2, 0.25) is 0 Å². The number of rotatable bonds is 4. The summed E-state index contributed by atoms with van der Waals surface area (Å²) in [6.45, 7) is -0.220. The highest BCUT2D eigenvalue weighted by atomic mass is 16.5. The third kappa shape index (κ3) is 2.72. The number of fused-ring (bicyclic) bond motifs is 3. The first kappa shape index (κ1) is 16.9. The third-order valence-electron chi connectivity index (χ3n) is 4.55. The number of nitrogens with zero attached hydrogens (tertiary/aromatic N) is 5.